The van der Waals surface area contributed by atoms with Crippen molar-refractivity contribution < 1.29 is 18.9 Å². The molecule has 1 saturated heterocycles. The van der Waals surface area contributed by atoms with Crippen LogP contribution in [0.1, 0.15) is 31.7 Å². The van der Waals surface area contributed by atoms with Crippen LogP contribution in [0.25, 0.3) is 0 Å². The summed E-state index contributed by atoms with van der Waals surface area (Å²) < 4.78 is 21.8. The van der Waals surface area contributed by atoms with Crippen molar-refractivity contribution in [2.24, 2.45) is 10.9 Å². The van der Waals surface area contributed by atoms with Gasteiger partial charge in [-0.15, -0.1) is 0 Å². The van der Waals surface area contributed by atoms with Gasteiger partial charge < -0.3 is 29.6 Å². The van der Waals surface area contributed by atoms with Crippen molar-refractivity contribution >= 4 is 5.96 Å². The van der Waals surface area contributed by atoms with Crippen molar-refractivity contribution in [3.8, 4) is 5.75 Å². The van der Waals surface area contributed by atoms with Gasteiger partial charge in [-0.05, 0) is 49.8 Å². The molecule has 0 unspecified atom stereocenters. The maximum Gasteiger partial charge on any atom is 0.191 e. The number of ether oxygens (including phenoxy) is 4. The van der Waals surface area contributed by atoms with Gasteiger partial charge in [-0.25, -0.2) is 4.99 Å². The summed E-state index contributed by atoms with van der Waals surface area (Å²) >= 11 is 0. The monoisotopic (exact) mass is 407 g/mol. The number of hydrogen-bond donors (Lipinski definition) is 2. The van der Waals surface area contributed by atoms with Crippen LogP contribution in [0.2, 0.25) is 0 Å². The van der Waals surface area contributed by atoms with E-state index in [1.807, 2.05) is 24.3 Å². The fourth-order valence-corrected chi connectivity index (χ4v) is 2.99. The van der Waals surface area contributed by atoms with E-state index in [1.54, 1.807) is 7.11 Å². The first-order chi connectivity index (χ1) is 14.3. The number of nitrogens with one attached hydrogen (secondary N) is 2. The van der Waals surface area contributed by atoms with Crippen LogP contribution in [-0.2, 0) is 20.8 Å². The van der Waals surface area contributed by atoms with Crippen molar-refractivity contribution in [2.45, 2.75) is 32.7 Å². The Bertz CT molecular complexity index is 560. The molecule has 1 aliphatic rings. The molecule has 1 heterocycles. The van der Waals surface area contributed by atoms with Gasteiger partial charge >= 0.3 is 0 Å². The van der Waals surface area contributed by atoms with E-state index in [2.05, 4.69) is 22.5 Å². The molecule has 0 radical (unpaired) electrons. The fourth-order valence-electron chi connectivity index (χ4n) is 2.99. The predicted molar refractivity (Wildman–Crippen MR) is 116 cm³/mol. The molecule has 164 valence electrons. The van der Waals surface area contributed by atoms with Crippen LogP contribution in [0.5, 0.6) is 5.75 Å². The highest BCUT2D eigenvalue weighted by molar-refractivity contribution is 5.79. The van der Waals surface area contributed by atoms with Gasteiger partial charge in [0.2, 0.25) is 0 Å². The van der Waals surface area contributed by atoms with Crippen LogP contribution < -0.4 is 15.4 Å². The zero-order chi connectivity index (χ0) is 20.6. The molecule has 0 aliphatic carbocycles. The Balaban J connectivity index is 1.63. The number of methoxy groups -OCH3 is 1. The van der Waals surface area contributed by atoms with Gasteiger partial charge in [-0.2, -0.15) is 0 Å². The summed E-state index contributed by atoms with van der Waals surface area (Å²) in [4.78, 5) is 4.66. The maximum atomic E-state index is 5.81. The average molecular weight is 408 g/mol. The topological polar surface area (TPSA) is 73.3 Å². The number of guanidine groups is 1. The van der Waals surface area contributed by atoms with Crippen molar-refractivity contribution in [3.05, 3.63) is 29.8 Å². The number of nitrogens with zero attached hydrogens (tertiary/aromatic N) is 1. The second-order valence-electron chi connectivity index (χ2n) is 7.09. The summed E-state index contributed by atoms with van der Waals surface area (Å²) in [6, 6.07) is 8.02. The quantitative estimate of drug-likeness (QED) is 0.297. The Morgan fingerprint density at radius 3 is 2.62 bits per heavy atom. The molecule has 2 N–H and O–H groups in total. The van der Waals surface area contributed by atoms with Crippen molar-refractivity contribution in [2.75, 3.05) is 59.8 Å². The largest absolute Gasteiger partial charge is 0.491 e. The molecular weight excluding hydrogens is 370 g/mol. The van der Waals surface area contributed by atoms with Crippen LogP contribution in [0.3, 0.4) is 0 Å². The highest BCUT2D eigenvalue weighted by Crippen LogP contribution is 2.15. The van der Waals surface area contributed by atoms with E-state index in [-0.39, 0.29) is 0 Å². The van der Waals surface area contributed by atoms with Gasteiger partial charge in [0.25, 0.3) is 0 Å². The summed E-state index contributed by atoms with van der Waals surface area (Å²) in [6.07, 6.45) is 3.20. The summed E-state index contributed by atoms with van der Waals surface area (Å²) in [7, 11) is 1.67. The molecule has 29 heavy (non-hydrogen) atoms. The first kappa shape index (κ1) is 23.4. The SMILES string of the molecule is CCNC(=NCc1ccc(OCCOC)cc1)NCCCOCC1CCOCC1. The summed E-state index contributed by atoms with van der Waals surface area (Å²) in [6.45, 7) is 8.88. The molecule has 2 rings (SSSR count). The van der Waals surface area contributed by atoms with Crippen molar-refractivity contribution in [1.82, 2.24) is 10.6 Å². The van der Waals surface area contributed by atoms with Crippen molar-refractivity contribution in [3.63, 3.8) is 0 Å². The molecular formula is C22H37N3O4. The van der Waals surface area contributed by atoms with Gasteiger partial charge in [0.1, 0.15) is 12.4 Å². The third-order valence-electron chi connectivity index (χ3n) is 4.70. The Kier molecular flexibility index (Phi) is 12.2. The van der Waals surface area contributed by atoms with Crippen LogP contribution >= 0.6 is 0 Å². The summed E-state index contributed by atoms with van der Waals surface area (Å²) in [5.41, 5.74) is 1.14. The van der Waals surface area contributed by atoms with Gasteiger partial charge in [0.15, 0.2) is 5.96 Å². The Morgan fingerprint density at radius 2 is 1.90 bits per heavy atom. The summed E-state index contributed by atoms with van der Waals surface area (Å²) in [5.74, 6) is 2.34. The van der Waals surface area contributed by atoms with Gasteiger partial charge in [-0.3, -0.25) is 0 Å². The summed E-state index contributed by atoms with van der Waals surface area (Å²) in [5, 5.41) is 6.66. The smallest absolute Gasteiger partial charge is 0.191 e. The normalized spacial score (nSPS) is 15.3. The minimum atomic E-state index is 0.557. The number of aliphatic imine (C=N–C) groups is 1. The molecule has 7 nitrogen and oxygen atoms in total. The van der Waals surface area contributed by atoms with Crippen LogP contribution in [0.15, 0.2) is 29.3 Å². The minimum Gasteiger partial charge on any atom is -0.491 e. The lowest BCUT2D eigenvalue weighted by atomic mass is 10.0. The van der Waals surface area contributed by atoms with Crippen LogP contribution in [-0.4, -0.2) is 65.8 Å². The van der Waals surface area contributed by atoms with E-state index in [4.69, 9.17) is 18.9 Å². The minimum absolute atomic E-state index is 0.557. The first-order valence-electron chi connectivity index (χ1n) is 10.7. The molecule has 7 heteroatoms. The zero-order valence-corrected chi connectivity index (χ0v) is 18.0. The highest BCUT2D eigenvalue weighted by Gasteiger charge is 2.13. The van der Waals surface area contributed by atoms with Crippen molar-refractivity contribution in [1.29, 1.82) is 0 Å². The Labute approximate surface area is 175 Å². The number of benzene rings is 1. The lowest BCUT2D eigenvalue weighted by Gasteiger charge is -2.21. The molecule has 1 aromatic rings. The molecule has 1 fully saturated rings. The number of hydrogen-bond acceptors (Lipinski definition) is 5. The Hall–Kier alpha value is -1.83. The number of rotatable bonds is 13. The van der Waals surface area contributed by atoms with E-state index in [1.165, 1.54) is 0 Å². The van der Waals surface area contributed by atoms with Crippen LogP contribution in [0.4, 0.5) is 0 Å². The lowest BCUT2D eigenvalue weighted by molar-refractivity contribution is 0.0203. The molecule has 1 aromatic carbocycles. The molecule has 1 aliphatic heterocycles. The van der Waals surface area contributed by atoms with E-state index in [0.717, 1.165) is 76.1 Å². The van der Waals surface area contributed by atoms with Crippen LogP contribution in [0, 0.1) is 5.92 Å². The average Bonchev–Trinajstić information content (AvgIpc) is 2.76. The van der Waals surface area contributed by atoms with E-state index < -0.39 is 0 Å². The third-order valence-corrected chi connectivity index (χ3v) is 4.70. The van der Waals surface area contributed by atoms with E-state index >= 15 is 0 Å². The maximum absolute atomic E-state index is 5.81. The first-order valence-corrected chi connectivity index (χ1v) is 10.7. The lowest BCUT2D eigenvalue weighted by Crippen LogP contribution is -2.38. The standard InChI is InChI=1S/C22H37N3O4/c1-3-23-22(24-11-4-12-28-18-20-9-13-27-14-10-20)25-17-19-5-7-21(8-6-19)29-16-15-26-2/h5-8,20H,3-4,9-18H2,1-2H3,(H2,23,24,25). The molecule has 0 spiro atoms. The molecule has 0 aromatic heterocycles. The van der Waals surface area contributed by atoms with E-state index in [0.29, 0.717) is 25.7 Å². The highest BCUT2D eigenvalue weighted by atomic mass is 16.5. The zero-order valence-electron chi connectivity index (χ0n) is 18.0. The molecule has 0 saturated carbocycles. The van der Waals surface area contributed by atoms with Gasteiger partial charge in [0.05, 0.1) is 13.2 Å². The molecule has 0 atom stereocenters. The second-order valence-corrected chi connectivity index (χ2v) is 7.09. The second kappa shape index (κ2) is 15.1. The van der Waals surface area contributed by atoms with Gasteiger partial charge in [-0.1, -0.05) is 12.1 Å². The molecule has 0 amide bonds. The predicted octanol–water partition coefficient (Wildman–Crippen LogP) is 2.60. The van der Waals surface area contributed by atoms with Gasteiger partial charge in [0, 0.05) is 46.6 Å². The van der Waals surface area contributed by atoms with E-state index in [9.17, 15) is 0 Å². The third kappa shape index (κ3) is 10.5. The Morgan fingerprint density at radius 1 is 1.10 bits per heavy atom. The fraction of sp³-hybridized carbons (Fsp3) is 0.682. The molecule has 0 bridgehead atoms.